The van der Waals surface area contributed by atoms with Gasteiger partial charge in [0.1, 0.15) is 16.8 Å². The van der Waals surface area contributed by atoms with E-state index in [1.54, 1.807) is 6.92 Å². The first-order valence-corrected chi connectivity index (χ1v) is 5.71. The van der Waals surface area contributed by atoms with Crippen molar-refractivity contribution in [1.82, 2.24) is 9.97 Å². The average molecular weight is 244 g/mol. The maximum Gasteiger partial charge on any atom is 0.137 e. The quantitative estimate of drug-likeness (QED) is 0.796. The molecule has 2 atom stereocenters. The lowest BCUT2D eigenvalue weighted by molar-refractivity contribution is 0.226. The molecule has 0 radical (unpaired) electrons. The largest absolute Gasteiger partial charge is 0.396 e. The van der Waals surface area contributed by atoms with E-state index in [1.165, 1.54) is 0 Å². The minimum absolute atomic E-state index is 0.133. The molecule has 16 heavy (non-hydrogen) atoms. The molecule has 0 aliphatic heterocycles. The fraction of sp³-hybridized carbons (Fsp3) is 0.636. The van der Waals surface area contributed by atoms with Gasteiger partial charge in [0.25, 0.3) is 0 Å². The molecule has 0 saturated heterocycles. The predicted octanol–water partition coefficient (Wildman–Crippen LogP) is 2.18. The molecule has 0 spiro atoms. The summed E-state index contributed by atoms with van der Waals surface area (Å²) in [6.45, 7) is 7.80. The Morgan fingerprint density at radius 3 is 2.50 bits per heavy atom. The molecule has 1 aromatic heterocycles. The van der Waals surface area contributed by atoms with Gasteiger partial charge in [0.2, 0.25) is 0 Å². The number of rotatable bonds is 4. The van der Waals surface area contributed by atoms with Crippen molar-refractivity contribution in [3.8, 4) is 0 Å². The SMILES string of the molecule is Cc1nc(Cl)c(C)c(NC(C)C(C)CO)n1. The molecule has 4 nitrogen and oxygen atoms in total. The van der Waals surface area contributed by atoms with Gasteiger partial charge in [-0.05, 0) is 26.7 Å². The minimum atomic E-state index is 0.133. The zero-order valence-corrected chi connectivity index (χ0v) is 10.8. The summed E-state index contributed by atoms with van der Waals surface area (Å²) in [5.74, 6) is 1.54. The van der Waals surface area contributed by atoms with Gasteiger partial charge in [0.05, 0.1) is 0 Å². The third kappa shape index (κ3) is 3.06. The van der Waals surface area contributed by atoms with E-state index < -0.39 is 0 Å². The highest BCUT2D eigenvalue weighted by molar-refractivity contribution is 6.30. The molecule has 1 heterocycles. The van der Waals surface area contributed by atoms with Crippen LogP contribution in [0.5, 0.6) is 0 Å². The zero-order valence-electron chi connectivity index (χ0n) is 10.1. The van der Waals surface area contributed by atoms with Gasteiger partial charge in [-0.25, -0.2) is 9.97 Å². The van der Waals surface area contributed by atoms with Crippen LogP contribution in [-0.2, 0) is 0 Å². The monoisotopic (exact) mass is 243 g/mol. The summed E-state index contributed by atoms with van der Waals surface area (Å²) < 4.78 is 0. The molecule has 0 bridgehead atoms. The molecule has 0 aliphatic rings. The molecule has 2 unspecified atom stereocenters. The van der Waals surface area contributed by atoms with Crippen molar-refractivity contribution in [2.45, 2.75) is 33.7 Å². The van der Waals surface area contributed by atoms with Gasteiger partial charge in [-0.3, -0.25) is 0 Å². The number of hydrogen-bond donors (Lipinski definition) is 2. The van der Waals surface area contributed by atoms with Gasteiger partial charge < -0.3 is 10.4 Å². The molecule has 5 heteroatoms. The zero-order chi connectivity index (χ0) is 12.3. The number of aliphatic hydroxyl groups excluding tert-OH is 1. The van der Waals surface area contributed by atoms with Crippen LogP contribution in [0.15, 0.2) is 0 Å². The Balaban J connectivity index is 2.88. The van der Waals surface area contributed by atoms with Gasteiger partial charge in [0, 0.05) is 18.2 Å². The number of aromatic nitrogens is 2. The van der Waals surface area contributed by atoms with Crippen molar-refractivity contribution >= 4 is 17.4 Å². The Bertz CT molecular complexity index is 370. The highest BCUT2D eigenvalue weighted by Gasteiger charge is 2.14. The molecule has 90 valence electrons. The van der Waals surface area contributed by atoms with Crippen LogP contribution in [0.2, 0.25) is 5.15 Å². The molecule has 0 saturated carbocycles. The summed E-state index contributed by atoms with van der Waals surface area (Å²) in [6, 6.07) is 0.133. The minimum Gasteiger partial charge on any atom is -0.396 e. The third-order valence-corrected chi connectivity index (χ3v) is 3.07. The van der Waals surface area contributed by atoms with Gasteiger partial charge in [-0.1, -0.05) is 18.5 Å². The third-order valence-electron chi connectivity index (χ3n) is 2.70. The summed E-state index contributed by atoms with van der Waals surface area (Å²) in [5.41, 5.74) is 0.837. The second-order valence-corrected chi connectivity index (χ2v) is 4.49. The van der Waals surface area contributed by atoms with Crippen molar-refractivity contribution in [3.63, 3.8) is 0 Å². The van der Waals surface area contributed by atoms with Crippen LogP contribution >= 0.6 is 11.6 Å². The molecule has 2 N–H and O–H groups in total. The number of nitrogens with zero attached hydrogens (tertiary/aromatic N) is 2. The molecule has 0 amide bonds. The van der Waals surface area contributed by atoms with Gasteiger partial charge in [-0.15, -0.1) is 0 Å². The van der Waals surface area contributed by atoms with Crippen LogP contribution in [0, 0.1) is 19.8 Å². The standard InChI is InChI=1S/C11H18ClN3O/c1-6(5-16)8(3)13-11-7(2)10(12)14-9(4)15-11/h6,8,16H,5H2,1-4H3,(H,13,14,15). The molecule has 1 aromatic rings. The highest BCUT2D eigenvalue weighted by atomic mass is 35.5. The van der Waals surface area contributed by atoms with E-state index in [9.17, 15) is 0 Å². The fourth-order valence-electron chi connectivity index (χ4n) is 1.25. The lowest BCUT2D eigenvalue weighted by Gasteiger charge is -2.21. The van der Waals surface area contributed by atoms with Gasteiger partial charge >= 0.3 is 0 Å². The smallest absolute Gasteiger partial charge is 0.137 e. The average Bonchev–Trinajstić information content (AvgIpc) is 2.23. The van der Waals surface area contributed by atoms with Crippen molar-refractivity contribution in [3.05, 3.63) is 16.5 Å². The molecular formula is C11H18ClN3O. The normalized spacial score (nSPS) is 14.6. The lowest BCUT2D eigenvalue weighted by atomic mass is 10.1. The Hall–Kier alpha value is -0.870. The van der Waals surface area contributed by atoms with Crippen LogP contribution in [0.25, 0.3) is 0 Å². The number of nitrogens with one attached hydrogen (secondary N) is 1. The van der Waals surface area contributed by atoms with Crippen LogP contribution in [0.1, 0.15) is 25.2 Å². The molecular weight excluding hydrogens is 226 g/mol. The highest BCUT2D eigenvalue weighted by Crippen LogP contribution is 2.21. The van der Waals surface area contributed by atoms with Crippen LogP contribution < -0.4 is 5.32 Å². The number of halogens is 1. The van der Waals surface area contributed by atoms with Crippen molar-refractivity contribution < 1.29 is 5.11 Å². The van der Waals surface area contributed by atoms with E-state index in [2.05, 4.69) is 15.3 Å². The Kier molecular flexibility index (Phi) is 4.50. The van der Waals surface area contributed by atoms with Crippen LogP contribution in [0.4, 0.5) is 5.82 Å². The molecule has 0 aliphatic carbocycles. The summed E-state index contributed by atoms with van der Waals surface area (Å²) in [7, 11) is 0. The van der Waals surface area contributed by atoms with E-state index >= 15 is 0 Å². The van der Waals surface area contributed by atoms with Gasteiger partial charge in [0.15, 0.2) is 0 Å². The first-order chi connectivity index (χ1) is 7.45. The topological polar surface area (TPSA) is 58.0 Å². The summed E-state index contributed by atoms with van der Waals surface area (Å²) in [4.78, 5) is 8.37. The first-order valence-electron chi connectivity index (χ1n) is 5.33. The van der Waals surface area contributed by atoms with Gasteiger partial charge in [-0.2, -0.15) is 0 Å². The van der Waals surface area contributed by atoms with E-state index in [0.29, 0.717) is 11.0 Å². The fourth-order valence-corrected chi connectivity index (χ4v) is 1.46. The van der Waals surface area contributed by atoms with E-state index in [0.717, 1.165) is 11.4 Å². The number of hydrogen-bond acceptors (Lipinski definition) is 4. The maximum atomic E-state index is 9.06. The lowest BCUT2D eigenvalue weighted by Crippen LogP contribution is -2.27. The number of aryl methyl sites for hydroxylation is 1. The van der Waals surface area contributed by atoms with E-state index in [4.69, 9.17) is 16.7 Å². The maximum absolute atomic E-state index is 9.06. The Morgan fingerprint density at radius 1 is 1.31 bits per heavy atom. The van der Waals surface area contributed by atoms with Crippen molar-refractivity contribution in [1.29, 1.82) is 0 Å². The summed E-state index contributed by atoms with van der Waals surface area (Å²) in [6.07, 6.45) is 0. The van der Waals surface area contributed by atoms with Crippen LogP contribution in [-0.4, -0.2) is 27.7 Å². The number of anilines is 1. The van der Waals surface area contributed by atoms with E-state index in [1.807, 2.05) is 20.8 Å². The molecule has 0 aromatic carbocycles. The van der Waals surface area contributed by atoms with Crippen molar-refractivity contribution in [2.24, 2.45) is 5.92 Å². The summed E-state index contributed by atoms with van der Waals surface area (Å²) >= 11 is 5.98. The van der Waals surface area contributed by atoms with Crippen molar-refractivity contribution in [2.75, 3.05) is 11.9 Å². The molecule has 1 rings (SSSR count). The Labute approximate surface area is 101 Å². The number of aliphatic hydroxyl groups is 1. The Morgan fingerprint density at radius 2 is 1.94 bits per heavy atom. The first kappa shape index (κ1) is 13.2. The second-order valence-electron chi connectivity index (χ2n) is 4.13. The predicted molar refractivity (Wildman–Crippen MR) is 65.9 cm³/mol. The molecule has 0 fully saturated rings. The summed E-state index contributed by atoms with van der Waals surface area (Å²) in [5, 5.41) is 12.8. The van der Waals surface area contributed by atoms with E-state index in [-0.39, 0.29) is 18.6 Å². The van der Waals surface area contributed by atoms with Crippen LogP contribution in [0.3, 0.4) is 0 Å². The second kappa shape index (κ2) is 5.46.